The number of hydrogen-bond donors (Lipinski definition) is 4. The van der Waals surface area contributed by atoms with Crippen molar-refractivity contribution in [1.29, 1.82) is 0 Å². The Bertz CT molecular complexity index is 1490. The minimum Gasteiger partial charge on any atom is -0.508 e. The van der Waals surface area contributed by atoms with Crippen molar-refractivity contribution in [2.24, 2.45) is 0 Å². The largest absolute Gasteiger partial charge is 0.508 e. The van der Waals surface area contributed by atoms with Crippen molar-refractivity contribution in [2.45, 2.75) is 19.9 Å². The van der Waals surface area contributed by atoms with Crippen LogP contribution in [0.15, 0.2) is 60.9 Å². The SMILES string of the molecule is CCc1cc(O)ccc1-c1ccc2c(-c3nc(C4=CCN(Cc5ccn[nH]5)C4)c[nH]3)n[nH]c2c1. The summed E-state index contributed by atoms with van der Waals surface area (Å²) in [5.41, 5.74) is 8.35. The van der Waals surface area contributed by atoms with E-state index in [0.717, 1.165) is 76.6 Å². The van der Waals surface area contributed by atoms with Gasteiger partial charge in [0.15, 0.2) is 5.82 Å². The van der Waals surface area contributed by atoms with Gasteiger partial charge in [-0.25, -0.2) is 4.98 Å². The lowest BCUT2D eigenvalue weighted by Crippen LogP contribution is -2.20. The number of rotatable bonds is 6. The molecule has 0 amide bonds. The molecule has 4 heterocycles. The van der Waals surface area contributed by atoms with E-state index in [0.29, 0.717) is 5.75 Å². The molecule has 0 atom stereocenters. The number of aromatic hydroxyl groups is 1. The lowest BCUT2D eigenvalue weighted by atomic mass is 9.97. The molecule has 5 aromatic rings. The van der Waals surface area contributed by atoms with Gasteiger partial charge in [-0.2, -0.15) is 10.2 Å². The lowest BCUT2D eigenvalue weighted by Gasteiger charge is -2.13. The molecule has 8 heteroatoms. The second-order valence-corrected chi connectivity index (χ2v) is 8.64. The molecule has 0 radical (unpaired) electrons. The third-order valence-electron chi connectivity index (χ3n) is 6.42. The predicted octanol–water partition coefficient (Wildman–Crippen LogP) is 4.51. The molecule has 0 bridgehead atoms. The normalized spacial score (nSPS) is 14.2. The Morgan fingerprint density at radius 1 is 1.09 bits per heavy atom. The van der Waals surface area contributed by atoms with E-state index in [2.05, 4.69) is 61.5 Å². The summed E-state index contributed by atoms with van der Waals surface area (Å²) < 4.78 is 0. The first-order valence-corrected chi connectivity index (χ1v) is 11.4. The number of aromatic nitrogens is 6. The Morgan fingerprint density at radius 3 is 2.88 bits per heavy atom. The maximum Gasteiger partial charge on any atom is 0.159 e. The zero-order valence-electron chi connectivity index (χ0n) is 18.8. The van der Waals surface area contributed by atoms with Gasteiger partial charge < -0.3 is 10.1 Å². The first-order chi connectivity index (χ1) is 16.7. The van der Waals surface area contributed by atoms with E-state index in [1.807, 2.05) is 24.4 Å². The van der Waals surface area contributed by atoms with Gasteiger partial charge in [0.05, 0.1) is 11.2 Å². The minimum atomic E-state index is 0.293. The summed E-state index contributed by atoms with van der Waals surface area (Å²) in [6.07, 6.45) is 6.82. The van der Waals surface area contributed by atoms with E-state index in [1.165, 1.54) is 5.57 Å². The van der Waals surface area contributed by atoms with Gasteiger partial charge >= 0.3 is 0 Å². The molecule has 1 aliphatic heterocycles. The van der Waals surface area contributed by atoms with Gasteiger partial charge in [0.1, 0.15) is 11.4 Å². The summed E-state index contributed by atoms with van der Waals surface area (Å²) in [7, 11) is 0. The first-order valence-electron chi connectivity index (χ1n) is 11.4. The summed E-state index contributed by atoms with van der Waals surface area (Å²) in [6, 6.07) is 13.8. The number of H-pyrrole nitrogens is 3. The van der Waals surface area contributed by atoms with Crippen molar-refractivity contribution in [3.63, 3.8) is 0 Å². The van der Waals surface area contributed by atoms with Crippen molar-refractivity contribution >= 4 is 16.5 Å². The molecule has 4 N–H and O–H groups in total. The molecule has 170 valence electrons. The van der Waals surface area contributed by atoms with E-state index in [9.17, 15) is 5.11 Å². The minimum absolute atomic E-state index is 0.293. The van der Waals surface area contributed by atoms with Crippen LogP contribution in [-0.2, 0) is 13.0 Å². The molecular weight excluding hydrogens is 426 g/mol. The van der Waals surface area contributed by atoms with E-state index >= 15 is 0 Å². The number of phenols is 1. The number of imidazole rings is 1. The van der Waals surface area contributed by atoms with Crippen LogP contribution in [0.2, 0.25) is 0 Å². The average Bonchev–Trinajstić information content (AvgIpc) is 3.65. The Kier molecular flexibility index (Phi) is 5.00. The zero-order chi connectivity index (χ0) is 23.1. The topological polar surface area (TPSA) is 110 Å². The maximum atomic E-state index is 9.83. The van der Waals surface area contributed by atoms with E-state index in [4.69, 9.17) is 4.98 Å². The van der Waals surface area contributed by atoms with Crippen molar-refractivity contribution in [3.05, 3.63) is 77.9 Å². The Labute approximate surface area is 196 Å². The first kappa shape index (κ1) is 20.4. The second-order valence-electron chi connectivity index (χ2n) is 8.64. The number of benzene rings is 2. The molecule has 1 aliphatic rings. The highest BCUT2D eigenvalue weighted by atomic mass is 16.3. The van der Waals surface area contributed by atoms with E-state index < -0.39 is 0 Å². The van der Waals surface area contributed by atoms with Gasteiger partial charge in [0, 0.05) is 43.1 Å². The van der Waals surface area contributed by atoms with Gasteiger partial charge in [0.2, 0.25) is 0 Å². The number of aromatic amines is 3. The van der Waals surface area contributed by atoms with Gasteiger partial charge in [-0.3, -0.25) is 15.1 Å². The molecule has 6 rings (SSSR count). The van der Waals surface area contributed by atoms with Crippen molar-refractivity contribution in [2.75, 3.05) is 13.1 Å². The summed E-state index contributed by atoms with van der Waals surface area (Å²) in [4.78, 5) is 10.5. The highest BCUT2D eigenvalue weighted by Gasteiger charge is 2.20. The van der Waals surface area contributed by atoms with Crippen molar-refractivity contribution in [3.8, 4) is 28.4 Å². The molecule has 2 aromatic carbocycles. The molecule has 0 spiro atoms. The van der Waals surface area contributed by atoms with Crippen LogP contribution in [0.3, 0.4) is 0 Å². The molecule has 0 fully saturated rings. The third kappa shape index (κ3) is 3.68. The standard InChI is InChI=1S/C26H25N7O/c1-2-16-11-20(34)4-6-21(16)17-3-5-22-23(12-17)31-32-25(22)26-27-13-24(29-26)18-8-10-33(14-18)15-19-7-9-28-30-19/h3-9,11-13,34H,2,10,14-15H2,1H3,(H,27,29)(H,28,30)(H,31,32). The number of nitrogens with one attached hydrogen (secondary N) is 3. The van der Waals surface area contributed by atoms with Crippen LogP contribution in [0.4, 0.5) is 0 Å². The van der Waals surface area contributed by atoms with Gasteiger partial charge in [-0.1, -0.05) is 25.1 Å². The van der Waals surface area contributed by atoms with E-state index in [-0.39, 0.29) is 0 Å². The number of phenolic OH excluding ortho intramolecular Hbond substituents is 1. The fraction of sp³-hybridized carbons (Fsp3) is 0.192. The summed E-state index contributed by atoms with van der Waals surface area (Å²) in [5.74, 6) is 1.04. The zero-order valence-corrected chi connectivity index (χ0v) is 18.8. The number of nitrogens with zero attached hydrogens (tertiary/aromatic N) is 4. The third-order valence-corrected chi connectivity index (χ3v) is 6.42. The second kappa shape index (κ2) is 8.31. The monoisotopic (exact) mass is 451 g/mol. The number of fused-ring (bicyclic) bond motifs is 1. The molecule has 0 saturated carbocycles. The summed E-state index contributed by atoms with van der Waals surface area (Å²) in [6.45, 7) is 4.67. The molecule has 0 saturated heterocycles. The predicted molar refractivity (Wildman–Crippen MR) is 132 cm³/mol. The van der Waals surface area contributed by atoms with Crippen LogP contribution < -0.4 is 0 Å². The van der Waals surface area contributed by atoms with Crippen LogP contribution in [0, 0.1) is 0 Å². The molecular formula is C26H25N7O. The Balaban J connectivity index is 1.25. The van der Waals surface area contributed by atoms with Crippen LogP contribution in [0.1, 0.15) is 23.9 Å². The quantitative estimate of drug-likeness (QED) is 0.304. The van der Waals surface area contributed by atoms with Crippen LogP contribution in [0.25, 0.3) is 39.1 Å². The molecule has 34 heavy (non-hydrogen) atoms. The van der Waals surface area contributed by atoms with Gasteiger partial charge in [-0.05, 0) is 59.0 Å². The van der Waals surface area contributed by atoms with Crippen molar-refractivity contribution in [1.82, 2.24) is 35.3 Å². The van der Waals surface area contributed by atoms with E-state index in [1.54, 1.807) is 12.3 Å². The summed E-state index contributed by atoms with van der Waals surface area (Å²) in [5, 5.41) is 25.6. The van der Waals surface area contributed by atoms with Gasteiger partial charge in [0.25, 0.3) is 0 Å². The average molecular weight is 452 g/mol. The van der Waals surface area contributed by atoms with Crippen molar-refractivity contribution < 1.29 is 5.11 Å². The molecule has 0 aliphatic carbocycles. The molecule has 0 unspecified atom stereocenters. The van der Waals surface area contributed by atoms with Crippen LogP contribution in [0.5, 0.6) is 5.75 Å². The highest BCUT2D eigenvalue weighted by Crippen LogP contribution is 2.32. The molecule has 3 aromatic heterocycles. The number of hydrogen-bond acceptors (Lipinski definition) is 5. The number of aryl methyl sites for hydroxylation is 1. The Hall–Kier alpha value is -4.17. The molecule has 8 nitrogen and oxygen atoms in total. The fourth-order valence-electron chi connectivity index (χ4n) is 4.66. The summed E-state index contributed by atoms with van der Waals surface area (Å²) >= 11 is 0. The van der Waals surface area contributed by atoms with Gasteiger partial charge in [-0.15, -0.1) is 0 Å². The smallest absolute Gasteiger partial charge is 0.159 e. The van der Waals surface area contributed by atoms with Crippen LogP contribution in [-0.4, -0.2) is 53.5 Å². The fourth-order valence-corrected chi connectivity index (χ4v) is 4.66. The Morgan fingerprint density at radius 2 is 2.03 bits per heavy atom. The maximum absolute atomic E-state index is 9.83. The highest BCUT2D eigenvalue weighted by molar-refractivity contribution is 5.94. The van der Waals surface area contributed by atoms with Crippen LogP contribution >= 0.6 is 0 Å². The lowest BCUT2D eigenvalue weighted by molar-refractivity contribution is 0.343.